The van der Waals surface area contributed by atoms with Gasteiger partial charge in [0.2, 0.25) is 0 Å². The molecule has 0 aliphatic carbocycles. The maximum Gasteiger partial charge on any atom is 0.172 e. The normalized spacial score (nSPS) is 11.5. The van der Waals surface area contributed by atoms with Gasteiger partial charge in [0.05, 0.1) is 20.3 Å². The maximum absolute atomic E-state index is 5.41. The van der Waals surface area contributed by atoms with Crippen molar-refractivity contribution in [3.8, 4) is 11.5 Å². The number of aromatic nitrogens is 1. The molecule has 0 bridgehead atoms. The highest BCUT2D eigenvalue weighted by Gasteiger charge is 2.14. The number of anilines is 1. The van der Waals surface area contributed by atoms with E-state index in [1.165, 1.54) is 0 Å². The van der Waals surface area contributed by atoms with Crippen LogP contribution >= 0.6 is 12.2 Å². The first-order valence-electron chi connectivity index (χ1n) is 7.79. The number of hydrogen-bond acceptors (Lipinski definition) is 4. The summed E-state index contributed by atoms with van der Waals surface area (Å²) in [6.07, 6.45) is 2.63. The zero-order chi connectivity index (χ0) is 17.5. The molecule has 1 aromatic heterocycles. The Labute approximate surface area is 148 Å². The molecule has 0 saturated heterocycles. The van der Waals surface area contributed by atoms with Crippen molar-refractivity contribution in [2.75, 3.05) is 19.5 Å². The van der Waals surface area contributed by atoms with Crippen LogP contribution in [0.2, 0.25) is 0 Å². The zero-order valence-corrected chi connectivity index (χ0v) is 15.2. The van der Waals surface area contributed by atoms with Gasteiger partial charge in [-0.2, -0.15) is 0 Å². The zero-order valence-electron chi connectivity index (χ0n) is 14.4. The van der Waals surface area contributed by atoms with Gasteiger partial charge in [-0.05, 0) is 61.0 Å². The van der Waals surface area contributed by atoms with E-state index in [2.05, 4.69) is 22.5 Å². The first-order chi connectivity index (χ1) is 11.6. The lowest BCUT2D eigenvalue weighted by atomic mass is 10.0. The van der Waals surface area contributed by atoms with E-state index in [-0.39, 0.29) is 6.04 Å². The molecule has 1 heterocycles. The van der Waals surface area contributed by atoms with Crippen LogP contribution < -0.4 is 20.1 Å². The van der Waals surface area contributed by atoms with Crippen LogP contribution in [0.25, 0.3) is 0 Å². The van der Waals surface area contributed by atoms with Crippen molar-refractivity contribution in [3.05, 3.63) is 47.7 Å². The van der Waals surface area contributed by atoms with Crippen molar-refractivity contribution in [1.82, 2.24) is 10.3 Å². The molecule has 128 valence electrons. The standard InChI is InChI=1S/C18H23N3O2S/c1-5-14(13-6-7-15(22-3)16(11-13)23-4)20-18(24)21-17-10-12(2)8-9-19-17/h6-11,14H,5H2,1-4H3,(H2,19,20,21,24)/t14-/m1/s1. The van der Waals surface area contributed by atoms with E-state index in [0.29, 0.717) is 16.6 Å². The number of thiocarbonyl (C=S) groups is 1. The van der Waals surface area contributed by atoms with Gasteiger partial charge in [0, 0.05) is 6.20 Å². The molecule has 1 aromatic carbocycles. The molecule has 0 aliphatic rings. The Morgan fingerprint density at radius 2 is 1.92 bits per heavy atom. The van der Waals surface area contributed by atoms with Gasteiger partial charge in [0.15, 0.2) is 16.6 Å². The number of rotatable bonds is 6. The van der Waals surface area contributed by atoms with E-state index in [0.717, 1.165) is 23.4 Å². The highest BCUT2D eigenvalue weighted by molar-refractivity contribution is 7.80. The highest BCUT2D eigenvalue weighted by atomic mass is 32.1. The molecule has 0 radical (unpaired) electrons. The Morgan fingerprint density at radius 1 is 1.17 bits per heavy atom. The maximum atomic E-state index is 5.41. The molecular weight excluding hydrogens is 322 g/mol. The lowest BCUT2D eigenvalue weighted by Gasteiger charge is -2.21. The molecule has 6 heteroatoms. The molecule has 5 nitrogen and oxygen atoms in total. The largest absolute Gasteiger partial charge is 0.493 e. The third kappa shape index (κ3) is 4.58. The van der Waals surface area contributed by atoms with Crippen molar-refractivity contribution in [3.63, 3.8) is 0 Å². The highest BCUT2D eigenvalue weighted by Crippen LogP contribution is 2.30. The molecule has 24 heavy (non-hydrogen) atoms. The number of nitrogens with one attached hydrogen (secondary N) is 2. The molecule has 0 amide bonds. The number of benzene rings is 1. The van der Waals surface area contributed by atoms with Gasteiger partial charge in [-0.25, -0.2) is 4.98 Å². The second kappa shape index (κ2) is 8.49. The lowest BCUT2D eigenvalue weighted by molar-refractivity contribution is 0.354. The van der Waals surface area contributed by atoms with E-state index >= 15 is 0 Å². The summed E-state index contributed by atoms with van der Waals surface area (Å²) in [5.74, 6) is 2.14. The van der Waals surface area contributed by atoms with E-state index in [1.54, 1.807) is 20.4 Å². The molecule has 2 rings (SSSR count). The Morgan fingerprint density at radius 3 is 2.54 bits per heavy atom. The minimum Gasteiger partial charge on any atom is -0.493 e. The summed E-state index contributed by atoms with van der Waals surface area (Å²) < 4.78 is 10.7. The van der Waals surface area contributed by atoms with E-state index in [1.807, 2.05) is 37.3 Å². The Hall–Kier alpha value is -2.34. The van der Waals surface area contributed by atoms with Gasteiger partial charge >= 0.3 is 0 Å². The Kier molecular flexibility index (Phi) is 6.37. The number of aryl methyl sites for hydroxylation is 1. The third-order valence-electron chi connectivity index (χ3n) is 3.68. The first kappa shape index (κ1) is 18.0. The average Bonchev–Trinajstić information content (AvgIpc) is 2.59. The van der Waals surface area contributed by atoms with Crippen LogP contribution in [0.4, 0.5) is 5.82 Å². The minimum absolute atomic E-state index is 0.0645. The second-order valence-corrected chi connectivity index (χ2v) is 5.80. The molecule has 2 aromatic rings. The van der Waals surface area contributed by atoms with Crippen LogP contribution in [0.15, 0.2) is 36.5 Å². The first-order valence-corrected chi connectivity index (χ1v) is 8.20. The van der Waals surface area contributed by atoms with E-state index in [4.69, 9.17) is 21.7 Å². The SMILES string of the molecule is CC[C@@H](NC(=S)Nc1cc(C)ccn1)c1ccc(OC)c(OC)c1. The predicted molar refractivity (Wildman–Crippen MR) is 101 cm³/mol. The van der Waals surface area contributed by atoms with Gasteiger partial charge in [-0.1, -0.05) is 13.0 Å². The third-order valence-corrected chi connectivity index (χ3v) is 3.90. The summed E-state index contributed by atoms with van der Waals surface area (Å²) in [6, 6.07) is 9.83. The molecule has 1 atom stereocenters. The average molecular weight is 345 g/mol. The monoisotopic (exact) mass is 345 g/mol. The van der Waals surface area contributed by atoms with E-state index < -0.39 is 0 Å². The topological polar surface area (TPSA) is 55.4 Å². The minimum atomic E-state index is 0.0645. The number of ether oxygens (including phenoxy) is 2. The van der Waals surface area contributed by atoms with Crippen molar-refractivity contribution in [2.24, 2.45) is 0 Å². The number of hydrogen-bond donors (Lipinski definition) is 2. The van der Waals surface area contributed by atoms with Crippen molar-refractivity contribution in [2.45, 2.75) is 26.3 Å². The molecule has 2 N–H and O–H groups in total. The Bertz CT molecular complexity index is 706. The van der Waals surface area contributed by atoms with Gasteiger partial charge in [-0.3, -0.25) is 0 Å². The second-order valence-electron chi connectivity index (χ2n) is 5.39. The quantitative estimate of drug-likeness (QED) is 0.776. The summed E-state index contributed by atoms with van der Waals surface area (Å²) in [4.78, 5) is 4.26. The van der Waals surface area contributed by atoms with Gasteiger partial charge in [0.25, 0.3) is 0 Å². The fourth-order valence-corrected chi connectivity index (χ4v) is 2.65. The molecule has 0 aliphatic heterocycles. The summed E-state index contributed by atoms with van der Waals surface area (Å²) in [5, 5.41) is 6.98. The number of pyridine rings is 1. The molecule has 0 saturated carbocycles. The lowest BCUT2D eigenvalue weighted by Crippen LogP contribution is -2.32. The van der Waals surface area contributed by atoms with Crippen molar-refractivity contribution in [1.29, 1.82) is 0 Å². The fraction of sp³-hybridized carbons (Fsp3) is 0.333. The van der Waals surface area contributed by atoms with Crippen LogP contribution in [0.5, 0.6) is 11.5 Å². The molecule has 0 fully saturated rings. The van der Waals surface area contributed by atoms with Crippen LogP contribution in [0.3, 0.4) is 0 Å². The van der Waals surface area contributed by atoms with Crippen molar-refractivity contribution < 1.29 is 9.47 Å². The van der Waals surface area contributed by atoms with Gasteiger partial charge in [0.1, 0.15) is 5.82 Å². The van der Waals surface area contributed by atoms with Crippen LogP contribution in [-0.2, 0) is 0 Å². The summed E-state index contributed by atoms with van der Waals surface area (Å²) in [6.45, 7) is 4.11. The molecular formula is C18H23N3O2S. The summed E-state index contributed by atoms with van der Waals surface area (Å²) in [5.41, 5.74) is 2.21. The smallest absolute Gasteiger partial charge is 0.172 e. The predicted octanol–water partition coefficient (Wildman–Crippen LogP) is 3.84. The Balaban J connectivity index is 2.09. The number of nitrogens with zero attached hydrogens (tertiary/aromatic N) is 1. The summed E-state index contributed by atoms with van der Waals surface area (Å²) in [7, 11) is 3.26. The summed E-state index contributed by atoms with van der Waals surface area (Å²) >= 11 is 5.41. The van der Waals surface area contributed by atoms with Crippen molar-refractivity contribution >= 4 is 23.1 Å². The fourth-order valence-electron chi connectivity index (χ4n) is 2.41. The van der Waals surface area contributed by atoms with E-state index in [9.17, 15) is 0 Å². The van der Waals surface area contributed by atoms with Gasteiger partial charge < -0.3 is 20.1 Å². The van der Waals surface area contributed by atoms with Crippen LogP contribution in [-0.4, -0.2) is 24.3 Å². The number of methoxy groups -OCH3 is 2. The molecule has 0 unspecified atom stereocenters. The van der Waals surface area contributed by atoms with Crippen LogP contribution in [0, 0.1) is 6.92 Å². The van der Waals surface area contributed by atoms with Crippen LogP contribution in [0.1, 0.15) is 30.5 Å². The molecule has 0 spiro atoms. The van der Waals surface area contributed by atoms with Gasteiger partial charge in [-0.15, -0.1) is 0 Å².